The van der Waals surface area contributed by atoms with Gasteiger partial charge in [0, 0.05) is 26.7 Å². The molecule has 0 aliphatic heterocycles. The molecule has 30 heavy (non-hydrogen) atoms. The fourth-order valence-corrected chi connectivity index (χ4v) is 4.13. The van der Waals surface area contributed by atoms with Gasteiger partial charge in [-0.25, -0.2) is 0 Å². The Morgan fingerprint density at radius 1 is 0.667 bits per heavy atom. The van der Waals surface area contributed by atoms with Crippen LogP contribution in [0.5, 0.6) is 0 Å². The molecule has 0 unspecified atom stereocenters. The normalized spacial score (nSPS) is 13.4. The summed E-state index contributed by atoms with van der Waals surface area (Å²) in [5.41, 5.74) is 3.56. The van der Waals surface area contributed by atoms with Gasteiger partial charge in [0.2, 0.25) is 0 Å². The van der Waals surface area contributed by atoms with Crippen LogP contribution in [0.3, 0.4) is 0 Å². The maximum absolute atomic E-state index is 4.05. The number of thiophene rings is 1. The van der Waals surface area contributed by atoms with Crippen LogP contribution in [0, 0.1) is 0 Å². The number of rotatable bonds is 12. The Kier molecular flexibility index (Phi) is 10.4. The summed E-state index contributed by atoms with van der Waals surface area (Å²) in [6.07, 6.45) is 23.8. The van der Waals surface area contributed by atoms with Gasteiger partial charge in [-0.05, 0) is 36.5 Å². The maximum Gasteiger partial charge on any atom is 0.0640 e. The van der Waals surface area contributed by atoms with Crippen molar-refractivity contribution in [1.82, 2.24) is 4.90 Å². The van der Waals surface area contributed by atoms with Crippen LogP contribution in [0.25, 0.3) is 23.9 Å². The summed E-state index contributed by atoms with van der Waals surface area (Å²) in [6.45, 7) is 31.3. The topological polar surface area (TPSA) is 3.24 Å². The second-order valence-electron chi connectivity index (χ2n) is 5.82. The lowest BCUT2D eigenvalue weighted by Crippen LogP contribution is -2.21. The lowest BCUT2D eigenvalue weighted by molar-refractivity contribution is 0.643. The Morgan fingerprint density at radius 3 is 1.60 bits per heavy atom. The minimum Gasteiger partial charge on any atom is -0.309 e. The first-order valence-corrected chi connectivity index (χ1v) is 10.1. The predicted octanol–water partition coefficient (Wildman–Crippen LogP) is 6.66. The Balaban J connectivity index is 4.16. The smallest absolute Gasteiger partial charge is 0.0640 e. The third-order valence-corrected chi connectivity index (χ3v) is 5.24. The van der Waals surface area contributed by atoms with Gasteiger partial charge < -0.3 is 4.90 Å². The summed E-state index contributed by atoms with van der Waals surface area (Å²) in [7, 11) is 0. The molecule has 1 rings (SSSR count). The van der Waals surface area contributed by atoms with E-state index < -0.39 is 0 Å². The molecule has 0 aliphatic carbocycles. The van der Waals surface area contributed by atoms with Crippen LogP contribution >= 0.6 is 11.3 Å². The molecule has 0 aromatic carbocycles. The quantitative estimate of drug-likeness (QED) is 0.347. The van der Waals surface area contributed by atoms with Crippen molar-refractivity contribution in [3.05, 3.63) is 145 Å². The summed E-state index contributed by atoms with van der Waals surface area (Å²) in [5, 5.41) is 1.04. The van der Waals surface area contributed by atoms with Gasteiger partial charge in [-0.1, -0.05) is 95.2 Å². The van der Waals surface area contributed by atoms with Crippen molar-refractivity contribution in [2.75, 3.05) is 0 Å². The van der Waals surface area contributed by atoms with Gasteiger partial charge in [-0.2, -0.15) is 0 Å². The lowest BCUT2D eigenvalue weighted by atomic mass is 10.1. The van der Waals surface area contributed by atoms with Crippen molar-refractivity contribution in [3.63, 3.8) is 0 Å². The highest BCUT2D eigenvalue weighted by molar-refractivity contribution is 7.11. The Labute approximate surface area is 185 Å². The Bertz CT molecular complexity index is 1050. The molecule has 0 saturated heterocycles. The highest BCUT2D eigenvalue weighted by Crippen LogP contribution is 2.33. The SMILES string of the molecule is C=C/C=c1/c(C=C)c(/C(=C\C=C)N(/C(C=C)=C/C=C)/C(C=C)=C/C=C)s/c1=C/C=C. The molecule has 0 N–H and O–H groups in total. The van der Waals surface area contributed by atoms with E-state index in [0.717, 1.165) is 37.3 Å². The van der Waals surface area contributed by atoms with Crippen LogP contribution in [0.1, 0.15) is 10.4 Å². The molecule has 1 nitrogen and oxygen atoms in total. The zero-order valence-corrected chi connectivity index (χ0v) is 18.3. The van der Waals surface area contributed by atoms with E-state index in [0.29, 0.717) is 0 Å². The van der Waals surface area contributed by atoms with Crippen LogP contribution in [0.4, 0.5) is 0 Å². The van der Waals surface area contributed by atoms with Crippen LogP contribution in [0.2, 0.25) is 0 Å². The van der Waals surface area contributed by atoms with Crippen molar-refractivity contribution < 1.29 is 0 Å². The molecule has 0 bridgehead atoms. The van der Waals surface area contributed by atoms with Crippen molar-refractivity contribution in [3.8, 4) is 0 Å². The molecule has 2 heteroatoms. The summed E-state index contributed by atoms with van der Waals surface area (Å²) >= 11 is 1.63. The fraction of sp³-hybridized carbons (Fsp3) is 0. The van der Waals surface area contributed by atoms with Crippen LogP contribution in [0.15, 0.2) is 125 Å². The van der Waals surface area contributed by atoms with Crippen molar-refractivity contribution >= 4 is 35.3 Å². The van der Waals surface area contributed by atoms with E-state index in [-0.39, 0.29) is 0 Å². The third-order valence-electron chi connectivity index (χ3n) is 4.03. The first-order valence-electron chi connectivity index (χ1n) is 9.32. The van der Waals surface area contributed by atoms with Gasteiger partial charge in [0.1, 0.15) is 0 Å². The predicted molar refractivity (Wildman–Crippen MR) is 140 cm³/mol. The van der Waals surface area contributed by atoms with Crippen molar-refractivity contribution in [1.29, 1.82) is 0 Å². The zero-order valence-electron chi connectivity index (χ0n) is 17.5. The van der Waals surface area contributed by atoms with Gasteiger partial charge >= 0.3 is 0 Å². The van der Waals surface area contributed by atoms with Crippen LogP contribution in [-0.4, -0.2) is 4.90 Å². The van der Waals surface area contributed by atoms with Crippen molar-refractivity contribution in [2.45, 2.75) is 0 Å². The molecule has 0 atom stereocenters. The van der Waals surface area contributed by atoms with Crippen LogP contribution in [-0.2, 0) is 0 Å². The molecule has 1 aromatic rings. The minimum atomic E-state index is 0.831. The second kappa shape index (κ2) is 12.8. The first kappa shape index (κ1) is 24.4. The van der Waals surface area contributed by atoms with E-state index in [1.807, 2.05) is 41.4 Å². The summed E-state index contributed by atoms with van der Waals surface area (Å²) in [6, 6.07) is 0. The van der Waals surface area contributed by atoms with Crippen molar-refractivity contribution in [2.24, 2.45) is 0 Å². The average molecular weight is 412 g/mol. The molecule has 0 aliphatic rings. The molecule has 0 amide bonds. The van der Waals surface area contributed by atoms with Gasteiger partial charge in [-0.3, -0.25) is 0 Å². The van der Waals surface area contributed by atoms with Gasteiger partial charge in [-0.15, -0.1) is 11.3 Å². The highest BCUT2D eigenvalue weighted by atomic mass is 32.1. The van der Waals surface area contributed by atoms with E-state index in [2.05, 4.69) is 52.6 Å². The molecular weight excluding hydrogens is 382 g/mol. The summed E-state index contributed by atoms with van der Waals surface area (Å²) in [4.78, 5) is 3.05. The number of hydrogen-bond acceptors (Lipinski definition) is 2. The molecule has 1 aromatic heterocycles. The molecule has 0 saturated carbocycles. The summed E-state index contributed by atoms with van der Waals surface area (Å²) in [5.74, 6) is 0. The lowest BCUT2D eigenvalue weighted by Gasteiger charge is -2.29. The van der Waals surface area contributed by atoms with E-state index in [9.17, 15) is 0 Å². The van der Waals surface area contributed by atoms with E-state index in [1.165, 1.54) is 0 Å². The number of nitrogens with zero attached hydrogens (tertiary/aromatic N) is 1. The number of hydrogen-bond donors (Lipinski definition) is 0. The second-order valence-corrected chi connectivity index (χ2v) is 6.87. The van der Waals surface area contributed by atoms with Crippen LogP contribution < -0.4 is 9.75 Å². The molecule has 0 spiro atoms. The molecule has 152 valence electrons. The third kappa shape index (κ3) is 5.47. The monoisotopic (exact) mass is 411 g/mol. The van der Waals surface area contributed by atoms with Gasteiger partial charge in [0.15, 0.2) is 0 Å². The summed E-state index contributed by atoms with van der Waals surface area (Å²) < 4.78 is 1.06. The van der Waals surface area contributed by atoms with E-state index in [1.54, 1.807) is 53.9 Å². The zero-order chi connectivity index (χ0) is 22.5. The molecule has 0 fully saturated rings. The van der Waals surface area contributed by atoms with Gasteiger partial charge in [0.25, 0.3) is 0 Å². The number of allylic oxidation sites excluding steroid dienone is 10. The maximum atomic E-state index is 4.05. The minimum absolute atomic E-state index is 0.831. The Morgan fingerprint density at radius 2 is 1.20 bits per heavy atom. The molecular formula is C28H29NS. The average Bonchev–Trinajstić information content (AvgIpc) is 3.09. The van der Waals surface area contributed by atoms with E-state index in [4.69, 9.17) is 0 Å². The first-order chi connectivity index (χ1) is 14.6. The molecule has 0 radical (unpaired) electrons. The fourth-order valence-electron chi connectivity index (χ4n) is 2.89. The highest BCUT2D eigenvalue weighted by Gasteiger charge is 2.21. The standard InChI is InChI=1S/C28H29NS/c1-9-17-22(14-6)29(23(15-7)18-10-2)26(20-12-4)28-24(16-8)25(19-11-3)27(30-28)21-13-5/h9-21H,1-8H2/b22-17+,23-18+,25-19-,26-20+,27-21+. The van der Waals surface area contributed by atoms with Gasteiger partial charge in [0.05, 0.1) is 10.6 Å². The molecule has 1 heterocycles. The largest absolute Gasteiger partial charge is 0.309 e. The Hall–Kier alpha value is -3.62. The van der Waals surface area contributed by atoms with E-state index >= 15 is 0 Å².